The zero-order valence-corrected chi connectivity index (χ0v) is 20.8. The summed E-state index contributed by atoms with van der Waals surface area (Å²) in [4.78, 5) is 58.6. The third-order valence-corrected chi connectivity index (χ3v) is 4.90. The van der Waals surface area contributed by atoms with Crippen LogP contribution in [0.5, 0.6) is 0 Å². The number of carbonyl (C=O) groups excluding carboxylic acids is 5. The molecular weight excluding hydrogens is 466 g/mol. The van der Waals surface area contributed by atoms with Gasteiger partial charge in [-0.05, 0) is 12.8 Å². The number of ether oxygens (including phenoxy) is 5. The van der Waals surface area contributed by atoms with E-state index in [1.807, 2.05) is 0 Å². The maximum absolute atomic E-state index is 11.9. The molecule has 1 saturated heterocycles. The first-order valence-corrected chi connectivity index (χ1v) is 11.6. The number of esters is 3. The van der Waals surface area contributed by atoms with Crippen molar-refractivity contribution >= 4 is 29.7 Å². The van der Waals surface area contributed by atoms with Crippen molar-refractivity contribution < 1.29 is 53.4 Å². The van der Waals surface area contributed by atoms with Crippen LogP contribution in [0.1, 0.15) is 53.4 Å². The number of hydrogen-bond acceptors (Lipinski definition) is 10. The minimum atomic E-state index is -1.17. The molecular formula is C22H38N3O10+. The van der Waals surface area contributed by atoms with Crippen LogP contribution in [0.15, 0.2) is 0 Å². The van der Waals surface area contributed by atoms with Gasteiger partial charge in [-0.25, -0.2) is 0 Å². The van der Waals surface area contributed by atoms with Gasteiger partial charge in [0.05, 0.1) is 6.54 Å². The Balaban J connectivity index is 2.92. The van der Waals surface area contributed by atoms with E-state index < -0.39 is 54.5 Å². The van der Waals surface area contributed by atoms with Gasteiger partial charge >= 0.3 is 17.9 Å². The molecule has 1 rings (SSSR count). The average Bonchev–Trinajstić information content (AvgIpc) is 2.75. The standard InChI is InChI=1S/C22H37N3O10/c1-13(26)25-19-21(34-16(4)29)20(33-15(3)28)17(12-32-14(2)27)35-22(19)31-11-6-5-8-18(30)24-10-7-9-23/h17,19-22H,5-12,23H2,1-4H3,(H,24,30)(H,25,26)/p+1. The molecule has 0 saturated carbocycles. The molecule has 0 aromatic rings. The van der Waals surface area contributed by atoms with E-state index >= 15 is 0 Å². The molecule has 0 aromatic heterocycles. The summed E-state index contributed by atoms with van der Waals surface area (Å²) in [7, 11) is 0. The third-order valence-electron chi connectivity index (χ3n) is 4.90. The summed E-state index contributed by atoms with van der Waals surface area (Å²) in [6, 6.07) is -1.01. The van der Waals surface area contributed by atoms with Gasteiger partial charge in [0.25, 0.3) is 0 Å². The molecule has 1 fully saturated rings. The van der Waals surface area contributed by atoms with Crippen molar-refractivity contribution in [3.05, 3.63) is 0 Å². The Morgan fingerprint density at radius 1 is 0.886 bits per heavy atom. The number of rotatable bonds is 14. The van der Waals surface area contributed by atoms with Gasteiger partial charge in [0, 0.05) is 53.7 Å². The second-order valence-corrected chi connectivity index (χ2v) is 8.10. The largest absolute Gasteiger partial charge is 0.463 e. The molecule has 200 valence electrons. The minimum absolute atomic E-state index is 0.0657. The van der Waals surface area contributed by atoms with E-state index in [1.54, 1.807) is 0 Å². The van der Waals surface area contributed by atoms with Crippen LogP contribution in [0.3, 0.4) is 0 Å². The van der Waals surface area contributed by atoms with Crippen molar-refractivity contribution in [3.8, 4) is 0 Å². The molecule has 0 aliphatic carbocycles. The normalized spacial score (nSPS) is 23.6. The van der Waals surface area contributed by atoms with Crippen LogP contribution in [-0.2, 0) is 47.7 Å². The molecule has 13 nitrogen and oxygen atoms in total. The Bertz CT molecular complexity index is 732. The van der Waals surface area contributed by atoms with Gasteiger partial charge in [0.2, 0.25) is 11.8 Å². The van der Waals surface area contributed by atoms with Gasteiger partial charge in [-0.2, -0.15) is 0 Å². The van der Waals surface area contributed by atoms with Crippen LogP contribution < -0.4 is 16.4 Å². The van der Waals surface area contributed by atoms with Crippen molar-refractivity contribution in [1.82, 2.24) is 10.6 Å². The topological polar surface area (TPSA) is 183 Å². The van der Waals surface area contributed by atoms with Crippen LogP contribution in [0.25, 0.3) is 0 Å². The molecule has 5 atom stereocenters. The predicted molar refractivity (Wildman–Crippen MR) is 119 cm³/mol. The highest BCUT2D eigenvalue weighted by atomic mass is 16.7. The fourth-order valence-electron chi connectivity index (χ4n) is 3.46. The number of quaternary nitrogens is 1. The van der Waals surface area contributed by atoms with Crippen molar-refractivity contribution in [2.75, 3.05) is 26.3 Å². The summed E-state index contributed by atoms with van der Waals surface area (Å²) in [5.41, 5.74) is 3.72. The molecule has 0 radical (unpaired) electrons. The lowest BCUT2D eigenvalue weighted by Crippen LogP contribution is -2.66. The highest BCUT2D eigenvalue weighted by Crippen LogP contribution is 2.28. The Kier molecular flexibility index (Phi) is 13.8. The summed E-state index contributed by atoms with van der Waals surface area (Å²) in [6.07, 6.45) is -2.29. The van der Waals surface area contributed by atoms with Crippen LogP contribution in [0.4, 0.5) is 0 Å². The summed E-state index contributed by atoms with van der Waals surface area (Å²) < 4.78 is 27.5. The van der Waals surface area contributed by atoms with Crippen LogP contribution in [-0.4, -0.2) is 86.7 Å². The summed E-state index contributed by atoms with van der Waals surface area (Å²) >= 11 is 0. The van der Waals surface area contributed by atoms with E-state index in [2.05, 4.69) is 16.4 Å². The van der Waals surface area contributed by atoms with Gasteiger partial charge in [-0.15, -0.1) is 0 Å². The maximum Gasteiger partial charge on any atom is 0.303 e. The number of carbonyl (C=O) groups is 5. The fourth-order valence-corrected chi connectivity index (χ4v) is 3.46. The number of amides is 2. The first-order valence-electron chi connectivity index (χ1n) is 11.6. The van der Waals surface area contributed by atoms with Crippen molar-refractivity contribution in [2.45, 2.75) is 84.0 Å². The van der Waals surface area contributed by atoms with Crippen LogP contribution >= 0.6 is 0 Å². The van der Waals surface area contributed by atoms with Gasteiger partial charge in [0.15, 0.2) is 18.5 Å². The smallest absolute Gasteiger partial charge is 0.303 e. The summed E-state index contributed by atoms with van der Waals surface area (Å²) in [6.45, 7) is 6.00. The SMILES string of the molecule is CC(=O)NC1C(OCCCCC(=O)NCCC[NH3+])OC(COC(C)=O)C(OC(C)=O)C1OC(C)=O. The Morgan fingerprint density at radius 3 is 2.11 bits per heavy atom. The van der Waals surface area contributed by atoms with Crippen molar-refractivity contribution in [1.29, 1.82) is 0 Å². The molecule has 0 bridgehead atoms. The van der Waals surface area contributed by atoms with Crippen LogP contribution in [0.2, 0.25) is 0 Å². The van der Waals surface area contributed by atoms with Gasteiger partial charge in [0.1, 0.15) is 18.8 Å². The molecule has 2 amide bonds. The van der Waals surface area contributed by atoms with Gasteiger partial charge in [-0.3, -0.25) is 24.0 Å². The zero-order valence-electron chi connectivity index (χ0n) is 20.8. The van der Waals surface area contributed by atoms with Gasteiger partial charge < -0.3 is 40.1 Å². The fraction of sp³-hybridized carbons (Fsp3) is 0.773. The quantitative estimate of drug-likeness (QED) is 0.144. The van der Waals surface area contributed by atoms with E-state index in [0.29, 0.717) is 25.8 Å². The molecule has 1 aliphatic heterocycles. The van der Waals surface area contributed by atoms with E-state index in [9.17, 15) is 24.0 Å². The van der Waals surface area contributed by atoms with Crippen LogP contribution in [0, 0.1) is 0 Å². The molecule has 13 heteroatoms. The van der Waals surface area contributed by atoms with Gasteiger partial charge in [-0.1, -0.05) is 0 Å². The van der Waals surface area contributed by atoms with E-state index in [0.717, 1.165) is 13.0 Å². The number of hydrogen-bond donors (Lipinski definition) is 3. The monoisotopic (exact) mass is 504 g/mol. The lowest BCUT2D eigenvalue weighted by Gasteiger charge is -2.44. The molecule has 1 aliphatic rings. The Morgan fingerprint density at radius 2 is 1.54 bits per heavy atom. The molecule has 5 unspecified atom stereocenters. The van der Waals surface area contributed by atoms with Crippen molar-refractivity contribution in [2.24, 2.45) is 0 Å². The summed E-state index contributed by atoms with van der Waals surface area (Å²) in [5, 5.41) is 5.43. The summed E-state index contributed by atoms with van der Waals surface area (Å²) in [5.74, 6) is -2.47. The molecule has 0 aromatic carbocycles. The zero-order chi connectivity index (χ0) is 26.4. The van der Waals surface area contributed by atoms with E-state index in [1.165, 1.54) is 27.7 Å². The molecule has 1 heterocycles. The van der Waals surface area contributed by atoms with E-state index in [4.69, 9.17) is 23.7 Å². The van der Waals surface area contributed by atoms with E-state index in [-0.39, 0.29) is 19.1 Å². The van der Waals surface area contributed by atoms with Crippen molar-refractivity contribution in [3.63, 3.8) is 0 Å². The first kappa shape index (κ1) is 30.3. The third kappa shape index (κ3) is 12.0. The lowest BCUT2D eigenvalue weighted by atomic mass is 9.96. The highest BCUT2D eigenvalue weighted by Gasteiger charge is 2.51. The molecule has 35 heavy (non-hydrogen) atoms. The molecule has 0 spiro atoms. The highest BCUT2D eigenvalue weighted by molar-refractivity contribution is 5.75. The average molecular weight is 505 g/mol. The maximum atomic E-state index is 11.9. The molecule has 5 N–H and O–H groups in total. The number of unbranched alkanes of at least 4 members (excludes halogenated alkanes) is 1. The second-order valence-electron chi connectivity index (χ2n) is 8.10. The predicted octanol–water partition coefficient (Wildman–Crippen LogP) is -1.42. The second kappa shape index (κ2) is 16.0. The number of nitrogens with one attached hydrogen (secondary N) is 2. The first-order chi connectivity index (χ1) is 16.5. The minimum Gasteiger partial charge on any atom is -0.463 e. The lowest BCUT2D eigenvalue weighted by molar-refractivity contribution is -0.367. The Hall–Kier alpha value is -2.77. The Labute approximate surface area is 204 Å².